The number of amides is 2. The number of carbonyl (C=O) groups excluding carboxylic acids is 2. The summed E-state index contributed by atoms with van der Waals surface area (Å²) in [4.78, 5) is 33.6. The molecule has 4 rings (SSSR count). The maximum atomic E-state index is 13.1. The zero-order chi connectivity index (χ0) is 28.2. The van der Waals surface area contributed by atoms with Crippen LogP contribution in [0.25, 0.3) is 0 Å². The van der Waals surface area contributed by atoms with Crippen molar-refractivity contribution in [3.05, 3.63) is 118 Å². The fraction of sp³-hybridized carbons (Fsp3) is 0.303. The molecule has 0 saturated heterocycles. The molecule has 40 heavy (non-hydrogen) atoms. The number of hydrogen-bond donors (Lipinski definition) is 2. The van der Waals surface area contributed by atoms with Crippen molar-refractivity contribution in [1.29, 1.82) is 0 Å². The monoisotopic (exact) mass is 554 g/mol. The number of aryl methyl sites for hydroxylation is 1. The van der Waals surface area contributed by atoms with E-state index in [0.717, 1.165) is 44.3 Å². The van der Waals surface area contributed by atoms with Crippen molar-refractivity contribution in [2.24, 2.45) is 0 Å². The number of nitrogens with one attached hydrogen (secondary N) is 2. The highest BCUT2D eigenvalue weighted by molar-refractivity contribution is 7.17. The van der Waals surface area contributed by atoms with E-state index in [-0.39, 0.29) is 11.8 Å². The fourth-order valence-electron chi connectivity index (χ4n) is 4.46. The SMILES string of the molecule is CCN(CC)Cc1nc(NC(=O)c2ccc(CCC3=C/CC/C=C/C=C\3)cc2)sc1C(=O)NCc1ccccc1. The molecule has 1 aliphatic rings. The minimum absolute atomic E-state index is 0.182. The number of nitrogens with zero attached hydrogens (tertiary/aromatic N) is 2. The van der Waals surface area contributed by atoms with Gasteiger partial charge in [0.25, 0.3) is 11.8 Å². The summed E-state index contributed by atoms with van der Waals surface area (Å²) in [6.45, 7) is 6.83. The Morgan fingerprint density at radius 2 is 1.68 bits per heavy atom. The Bertz CT molecular complexity index is 1350. The van der Waals surface area contributed by atoms with E-state index < -0.39 is 0 Å². The van der Waals surface area contributed by atoms with Crippen molar-refractivity contribution < 1.29 is 9.59 Å². The molecule has 0 unspecified atom stereocenters. The predicted octanol–water partition coefficient (Wildman–Crippen LogP) is 6.93. The maximum absolute atomic E-state index is 13.1. The van der Waals surface area contributed by atoms with Crippen molar-refractivity contribution >= 4 is 28.3 Å². The summed E-state index contributed by atoms with van der Waals surface area (Å²) >= 11 is 1.22. The van der Waals surface area contributed by atoms with Crippen LogP contribution in [0.3, 0.4) is 0 Å². The van der Waals surface area contributed by atoms with Gasteiger partial charge in [0.2, 0.25) is 0 Å². The molecule has 1 aromatic heterocycles. The number of hydrogen-bond acceptors (Lipinski definition) is 5. The van der Waals surface area contributed by atoms with Crippen molar-refractivity contribution in [2.75, 3.05) is 18.4 Å². The van der Waals surface area contributed by atoms with Gasteiger partial charge in [-0.3, -0.25) is 19.8 Å². The first-order chi connectivity index (χ1) is 19.6. The van der Waals surface area contributed by atoms with Crippen molar-refractivity contribution in [3.8, 4) is 0 Å². The molecule has 0 spiro atoms. The van der Waals surface area contributed by atoms with E-state index in [1.54, 1.807) is 0 Å². The molecule has 208 valence electrons. The van der Waals surface area contributed by atoms with Crippen molar-refractivity contribution in [3.63, 3.8) is 0 Å². The van der Waals surface area contributed by atoms with E-state index in [1.165, 1.54) is 22.5 Å². The highest BCUT2D eigenvalue weighted by Gasteiger charge is 2.21. The molecule has 3 aromatic rings. The number of aromatic nitrogens is 1. The van der Waals surface area contributed by atoms with Crippen LogP contribution in [-0.4, -0.2) is 34.8 Å². The lowest BCUT2D eigenvalue weighted by Crippen LogP contribution is -2.26. The van der Waals surface area contributed by atoms with E-state index in [9.17, 15) is 9.59 Å². The summed E-state index contributed by atoms with van der Waals surface area (Å²) in [5.41, 5.74) is 4.81. The molecule has 0 atom stereocenters. The molecule has 0 aliphatic heterocycles. The van der Waals surface area contributed by atoms with Gasteiger partial charge in [0.1, 0.15) is 4.88 Å². The van der Waals surface area contributed by atoms with Crippen LogP contribution >= 0.6 is 11.3 Å². The smallest absolute Gasteiger partial charge is 0.263 e. The number of benzene rings is 2. The van der Waals surface area contributed by atoms with Gasteiger partial charge in [0.05, 0.1) is 5.69 Å². The van der Waals surface area contributed by atoms with Gasteiger partial charge in [-0.05, 0) is 62.0 Å². The first kappa shape index (κ1) is 29.2. The molecule has 1 aliphatic carbocycles. The zero-order valence-corrected chi connectivity index (χ0v) is 24.2. The molecule has 7 heteroatoms. The second-order valence-electron chi connectivity index (χ2n) is 9.72. The molecule has 0 radical (unpaired) electrons. The van der Waals surface area contributed by atoms with Gasteiger partial charge in [-0.1, -0.05) is 104 Å². The average molecular weight is 555 g/mol. The zero-order valence-electron chi connectivity index (χ0n) is 23.4. The van der Waals surface area contributed by atoms with Crippen LogP contribution in [-0.2, 0) is 19.5 Å². The minimum atomic E-state index is -0.233. The van der Waals surface area contributed by atoms with Crippen LogP contribution in [0.15, 0.2) is 90.6 Å². The van der Waals surface area contributed by atoms with Crippen LogP contribution in [0.5, 0.6) is 0 Å². The van der Waals surface area contributed by atoms with Crippen molar-refractivity contribution in [2.45, 2.75) is 52.6 Å². The van der Waals surface area contributed by atoms with E-state index >= 15 is 0 Å². The fourth-order valence-corrected chi connectivity index (χ4v) is 5.35. The Hall–Kier alpha value is -3.81. The van der Waals surface area contributed by atoms with Gasteiger partial charge in [-0.15, -0.1) is 0 Å². The summed E-state index contributed by atoms with van der Waals surface area (Å²) in [5, 5.41) is 6.35. The summed E-state index contributed by atoms with van der Waals surface area (Å²) < 4.78 is 0. The van der Waals surface area contributed by atoms with Crippen LogP contribution in [0.1, 0.15) is 70.0 Å². The number of thiazole rings is 1. The number of rotatable bonds is 12. The van der Waals surface area contributed by atoms with Gasteiger partial charge in [0, 0.05) is 18.7 Å². The topological polar surface area (TPSA) is 74.3 Å². The molecular weight excluding hydrogens is 516 g/mol. The Kier molecular flexibility index (Phi) is 11.0. The molecule has 0 bridgehead atoms. The highest BCUT2D eigenvalue weighted by atomic mass is 32.1. The first-order valence-electron chi connectivity index (χ1n) is 14.0. The van der Waals surface area contributed by atoms with Crippen molar-refractivity contribution in [1.82, 2.24) is 15.2 Å². The van der Waals surface area contributed by atoms with Crippen LogP contribution in [0, 0.1) is 0 Å². The molecule has 6 nitrogen and oxygen atoms in total. The highest BCUT2D eigenvalue weighted by Crippen LogP contribution is 2.25. The van der Waals surface area contributed by atoms with E-state index in [4.69, 9.17) is 0 Å². The van der Waals surface area contributed by atoms with Crippen LogP contribution < -0.4 is 10.6 Å². The third-order valence-corrected chi connectivity index (χ3v) is 7.92. The second-order valence-corrected chi connectivity index (χ2v) is 10.7. The molecule has 1 heterocycles. The van der Waals surface area contributed by atoms with Gasteiger partial charge in [-0.2, -0.15) is 0 Å². The van der Waals surface area contributed by atoms with E-state index in [2.05, 4.69) is 64.7 Å². The summed E-state index contributed by atoms with van der Waals surface area (Å²) in [5.74, 6) is -0.415. The van der Waals surface area contributed by atoms with Gasteiger partial charge in [-0.25, -0.2) is 4.98 Å². The van der Waals surface area contributed by atoms with Gasteiger partial charge >= 0.3 is 0 Å². The molecular formula is C33H38N4O2S. The third kappa shape index (κ3) is 8.60. The van der Waals surface area contributed by atoms with E-state index in [1.807, 2.05) is 54.6 Å². The first-order valence-corrected chi connectivity index (χ1v) is 14.8. The van der Waals surface area contributed by atoms with Crippen LogP contribution in [0.4, 0.5) is 5.13 Å². The lowest BCUT2D eigenvalue weighted by molar-refractivity contribution is 0.0952. The molecule has 0 fully saturated rings. The summed E-state index contributed by atoms with van der Waals surface area (Å²) in [7, 11) is 0. The molecule has 2 N–H and O–H groups in total. The van der Waals surface area contributed by atoms with Crippen LogP contribution in [0.2, 0.25) is 0 Å². The van der Waals surface area contributed by atoms with Gasteiger partial charge in [0.15, 0.2) is 5.13 Å². The largest absolute Gasteiger partial charge is 0.347 e. The standard InChI is InChI=1S/C33H38N4O2S/c1-3-37(4-2)24-29-30(32(39)34-23-27-15-11-8-12-16-27)40-33(35-29)36-31(38)28-21-19-26(20-22-28)18-17-25-13-9-6-5-7-10-14-25/h5-6,8-9,11-16,19-22H,3-4,7,10,17-18,23-24H2,1-2H3,(H,34,39)(H,35,36,38)/b6-5+,13-9-,25-14+. The maximum Gasteiger partial charge on any atom is 0.263 e. The lowest BCUT2D eigenvalue weighted by atomic mass is 10.0. The van der Waals surface area contributed by atoms with E-state index in [0.29, 0.717) is 34.4 Å². The number of anilines is 1. The quantitative estimate of drug-likeness (QED) is 0.255. The second kappa shape index (κ2) is 15.1. The number of allylic oxidation sites excluding steroid dienone is 6. The average Bonchev–Trinajstić information content (AvgIpc) is 3.36. The summed E-state index contributed by atoms with van der Waals surface area (Å²) in [6, 6.07) is 17.5. The molecule has 2 aromatic carbocycles. The Labute approximate surface area is 241 Å². The number of carbonyl (C=O) groups is 2. The predicted molar refractivity (Wildman–Crippen MR) is 165 cm³/mol. The lowest BCUT2D eigenvalue weighted by Gasteiger charge is -2.17. The normalized spacial score (nSPS) is 15.9. The third-order valence-electron chi connectivity index (χ3n) is 6.90. The minimum Gasteiger partial charge on any atom is -0.347 e. The van der Waals surface area contributed by atoms with Gasteiger partial charge < -0.3 is 5.32 Å². The Morgan fingerprint density at radius 1 is 0.900 bits per heavy atom. The Balaban J connectivity index is 1.41. The Morgan fingerprint density at radius 3 is 2.42 bits per heavy atom. The summed E-state index contributed by atoms with van der Waals surface area (Å²) in [6.07, 6.45) is 14.9. The molecule has 0 saturated carbocycles. The molecule has 2 amide bonds.